The second-order valence-electron chi connectivity index (χ2n) is 2.37. The molecule has 0 spiro atoms. The first-order valence-corrected chi connectivity index (χ1v) is 3.99. The Morgan fingerprint density at radius 1 is 1.33 bits per heavy atom. The van der Waals surface area contributed by atoms with Crippen LogP contribution in [0.3, 0.4) is 0 Å². The first-order valence-electron chi connectivity index (χ1n) is 3.99. The molecule has 0 heterocycles. The van der Waals surface area contributed by atoms with Gasteiger partial charge in [0.05, 0.1) is 0 Å². The van der Waals surface area contributed by atoms with Crippen LogP contribution in [0.15, 0.2) is 12.2 Å². The van der Waals surface area contributed by atoms with Gasteiger partial charge in [-0.1, -0.05) is 0 Å². The van der Waals surface area contributed by atoms with Crippen LogP contribution in [0.25, 0.3) is 0 Å². The molecule has 0 saturated carbocycles. The number of carboxylic acid groups (broad SMARTS) is 1. The number of hydrogen-bond donors (Lipinski definition) is 3. The number of urea groups is 1. The largest absolute Gasteiger partial charge is 0.478 e. The predicted octanol–water partition coefficient (Wildman–Crippen LogP) is -0.524. The van der Waals surface area contributed by atoms with Crippen molar-refractivity contribution in [1.82, 2.24) is 10.6 Å². The van der Waals surface area contributed by atoms with E-state index in [1.165, 1.54) is 0 Å². The maximum Gasteiger partial charge on any atom is 0.328 e. The minimum Gasteiger partial charge on any atom is -0.478 e. The lowest BCUT2D eigenvalue weighted by Crippen LogP contribution is -2.39. The van der Waals surface area contributed by atoms with Crippen LogP contribution in [-0.4, -0.2) is 29.6 Å². The molecule has 6 heteroatoms. The van der Waals surface area contributed by atoms with Crippen LogP contribution >= 0.6 is 0 Å². The van der Waals surface area contributed by atoms with Crippen LogP contribution in [0.5, 0.6) is 0 Å². The van der Waals surface area contributed by atoms with Crippen LogP contribution in [-0.2, 0) is 9.59 Å². The summed E-state index contributed by atoms with van der Waals surface area (Å²) in [5.74, 6) is 0.222. The minimum absolute atomic E-state index is 0.248. The molecule has 80 valence electrons. The lowest BCUT2D eigenvalue weighted by Gasteiger charge is -2.01. The van der Waals surface area contributed by atoms with E-state index in [1.807, 2.05) is 5.32 Å². The van der Waals surface area contributed by atoms with Gasteiger partial charge in [0.1, 0.15) is 0 Å². The van der Waals surface area contributed by atoms with Crippen molar-refractivity contribution in [2.24, 2.45) is 0 Å². The highest BCUT2D eigenvalue weighted by Crippen LogP contribution is 1.76. The first kappa shape index (κ1) is 12.7. The lowest BCUT2D eigenvalue weighted by molar-refractivity contribution is -0.131. The summed E-state index contributed by atoms with van der Waals surface area (Å²) in [6.07, 6.45) is 6.65. The highest BCUT2D eigenvalue weighted by atomic mass is 16.4. The van der Waals surface area contributed by atoms with E-state index >= 15 is 0 Å². The van der Waals surface area contributed by atoms with Gasteiger partial charge in [0.15, 0.2) is 0 Å². The number of imide groups is 1. The van der Waals surface area contributed by atoms with Gasteiger partial charge in [-0.05, 0) is 0 Å². The molecule has 0 unspecified atom stereocenters. The van der Waals surface area contributed by atoms with Crippen LogP contribution in [0.2, 0.25) is 0 Å². The summed E-state index contributed by atoms with van der Waals surface area (Å²) < 4.78 is 0. The van der Waals surface area contributed by atoms with E-state index in [0.29, 0.717) is 12.5 Å². The Kier molecular flexibility index (Phi) is 6.06. The molecule has 0 aromatic rings. The van der Waals surface area contributed by atoms with Gasteiger partial charge < -0.3 is 10.4 Å². The molecule has 15 heavy (non-hydrogen) atoms. The van der Waals surface area contributed by atoms with E-state index in [2.05, 4.69) is 11.2 Å². The van der Waals surface area contributed by atoms with Crippen LogP contribution in [0, 0.1) is 12.3 Å². The van der Waals surface area contributed by atoms with Crippen molar-refractivity contribution in [2.75, 3.05) is 6.54 Å². The maximum atomic E-state index is 10.9. The number of rotatable bonds is 4. The fourth-order valence-electron chi connectivity index (χ4n) is 0.593. The number of aliphatic carboxylic acids is 1. The molecule has 3 N–H and O–H groups in total. The van der Waals surface area contributed by atoms with Crippen molar-refractivity contribution in [3.63, 3.8) is 0 Å². The molecule has 0 bridgehead atoms. The highest BCUT2D eigenvalue weighted by molar-refractivity contribution is 6.02. The summed E-state index contributed by atoms with van der Waals surface area (Å²) in [6, 6.07) is -0.717. The average Bonchev–Trinajstić information content (AvgIpc) is 2.15. The van der Waals surface area contributed by atoms with Crippen molar-refractivity contribution in [3.05, 3.63) is 12.2 Å². The Balaban J connectivity index is 3.82. The Morgan fingerprint density at radius 2 is 2.00 bits per heavy atom. The van der Waals surface area contributed by atoms with Gasteiger partial charge in [-0.3, -0.25) is 10.1 Å². The lowest BCUT2D eigenvalue weighted by atomic mass is 10.4. The smallest absolute Gasteiger partial charge is 0.328 e. The van der Waals surface area contributed by atoms with Gasteiger partial charge in [-0.25, -0.2) is 9.59 Å². The predicted molar refractivity (Wildman–Crippen MR) is 51.8 cm³/mol. The Bertz CT molecular complexity index is 327. The SMILES string of the molecule is C#CCCNC(=O)NC(=O)C=CC(=O)O. The van der Waals surface area contributed by atoms with Gasteiger partial charge in [0.2, 0.25) is 0 Å². The summed E-state index contributed by atoms with van der Waals surface area (Å²) >= 11 is 0. The molecule has 0 rings (SSSR count). The summed E-state index contributed by atoms with van der Waals surface area (Å²) in [5.41, 5.74) is 0. The molecule has 0 fully saturated rings. The monoisotopic (exact) mass is 210 g/mol. The molecule has 0 aliphatic rings. The summed E-state index contributed by atoms with van der Waals surface area (Å²) in [4.78, 5) is 31.7. The zero-order chi connectivity index (χ0) is 11.7. The molecule has 0 aliphatic carbocycles. The quantitative estimate of drug-likeness (QED) is 0.330. The molecule has 0 radical (unpaired) electrons. The number of amides is 3. The number of carboxylic acids is 1. The molecule has 3 amide bonds. The van der Waals surface area contributed by atoms with Crippen LogP contribution in [0.4, 0.5) is 4.79 Å². The topological polar surface area (TPSA) is 95.5 Å². The summed E-state index contributed by atoms with van der Waals surface area (Å²) in [7, 11) is 0. The molecule has 6 nitrogen and oxygen atoms in total. The van der Waals surface area contributed by atoms with E-state index in [-0.39, 0.29) is 6.54 Å². The second kappa shape index (κ2) is 7.15. The van der Waals surface area contributed by atoms with Crippen molar-refractivity contribution >= 4 is 17.9 Å². The summed E-state index contributed by atoms with van der Waals surface area (Å²) in [5, 5.41) is 12.4. The van der Waals surface area contributed by atoms with E-state index in [4.69, 9.17) is 11.5 Å². The third-order valence-corrected chi connectivity index (χ3v) is 1.17. The second-order valence-corrected chi connectivity index (χ2v) is 2.37. The maximum absolute atomic E-state index is 10.9. The van der Waals surface area contributed by atoms with E-state index in [1.54, 1.807) is 0 Å². The molecule has 0 aromatic carbocycles. The zero-order valence-corrected chi connectivity index (χ0v) is 7.82. The third-order valence-electron chi connectivity index (χ3n) is 1.17. The van der Waals surface area contributed by atoms with Gasteiger partial charge >= 0.3 is 12.0 Å². The van der Waals surface area contributed by atoms with Crippen molar-refractivity contribution in [1.29, 1.82) is 0 Å². The number of nitrogens with one attached hydrogen (secondary N) is 2. The van der Waals surface area contributed by atoms with E-state index in [9.17, 15) is 14.4 Å². The van der Waals surface area contributed by atoms with Crippen LogP contribution < -0.4 is 10.6 Å². The molecule has 0 atom stereocenters. The highest BCUT2D eigenvalue weighted by Gasteiger charge is 2.03. The van der Waals surface area contributed by atoms with E-state index < -0.39 is 17.9 Å². The number of hydrogen-bond acceptors (Lipinski definition) is 3. The van der Waals surface area contributed by atoms with E-state index in [0.717, 1.165) is 6.08 Å². The normalized spacial score (nSPS) is 9.27. The standard InChI is InChI=1S/C9H10N2O4/c1-2-3-6-10-9(15)11-7(12)4-5-8(13)14/h1,4-5H,3,6H2,(H,13,14)(H2,10,11,12,15). The number of carbonyl (C=O) groups is 3. The Morgan fingerprint density at radius 3 is 2.53 bits per heavy atom. The minimum atomic E-state index is -1.27. The average molecular weight is 210 g/mol. The van der Waals surface area contributed by atoms with Gasteiger partial charge in [-0.2, -0.15) is 0 Å². The summed E-state index contributed by atoms with van der Waals surface area (Å²) in [6.45, 7) is 0.248. The fraction of sp³-hybridized carbons (Fsp3) is 0.222. The molecular formula is C9H10N2O4. The van der Waals surface area contributed by atoms with Gasteiger partial charge in [0.25, 0.3) is 5.91 Å². The molecule has 0 aromatic heterocycles. The van der Waals surface area contributed by atoms with Crippen LogP contribution in [0.1, 0.15) is 6.42 Å². The third kappa shape index (κ3) is 8.05. The fourth-order valence-corrected chi connectivity index (χ4v) is 0.593. The number of terminal acetylenes is 1. The molecular weight excluding hydrogens is 200 g/mol. The first-order chi connectivity index (χ1) is 7.06. The van der Waals surface area contributed by atoms with Gasteiger partial charge in [0, 0.05) is 25.1 Å². The zero-order valence-electron chi connectivity index (χ0n) is 7.82. The van der Waals surface area contributed by atoms with Crippen molar-refractivity contribution < 1.29 is 19.5 Å². The van der Waals surface area contributed by atoms with Gasteiger partial charge in [-0.15, -0.1) is 12.3 Å². The Hall–Kier alpha value is -2.29. The molecule has 0 aliphatic heterocycles. The van der Waals surface area contributed by atoms with Crippen molar-refractivity contribution in [3.8, 4) is 12.3 Å². The Labute approximate surface area is 86.3 Å². The van der Waals surface area contributed by atoms with Crippen molar-refractivity contribution in [2.45, 2.75) is 6.42 Å². The molecule has 0 saturated heterocycles. The number of carbonyl (C=O) groups excluding carboxylic acids is 2.